The molecule has 20 heavy (non-hydrogen) atoms. The van der Waals surface area contributed by atoms with Gasteiger partial charge in [0.15, 0.2) is 0 Å². The zero-order valence-corrected chi connectivity index (χ0v) is 11.6. The molecule has 110 valence electrons. The quantitative estimate of drug-likeness (QED) is 0.737. The van der Waals surface area contributed by atoms with Gasteiger partial charge in [-0.3, -0.25) is 9.59 Å². The molecular formula is C14H19NO5. The molecule has 0 spiro atoms. The van der Waals surface area contributed by atoms with Gasteiger partial charge in [0.1, 0.15) is 5.75 Å². The molecule has 0 aromatic heterocycles. The van der Waals surface area contributed by atoms with Crippen LogP contribution in [-0.2, 0) is 20.7 Å². The smallest absolute Gasteiger partial charge is 0.306 e. The number of hydrogen-bond acceptors (Lipinski definition) is 4. The van der Waals surface area contributed by atoms with Gasteiger partial charge in [0.05, 0.1) is 26.1 Å². The van der Waals surface area contributed by atoms with Crippen LogP contribution in [0.4, 0.5) is 0 Å². The van der Waals surface area contributed by atoms with Crippen molar-refractivity contribution in [1.29, 1.82) is 0 Å². The Kier molecular flexibility index (Phi) is 6.52. The topological polar surface area (TPSA) is 84.9 Å². The van der Waals surface area contributed by atoms with Crippen molar-refractivity contribution in [2.24, 2.45) is 0 Å². The minimum atomic E-state index is -0.959. The van der Waals surface area contributed by atoms with Crippen LogP contribution in [0.3, 0.4) is 0 Å². The first kappa shape index (κ1) is 16.0. The van der Waals surface area contributed by atoms with Crippen molar-refractivity contribution in [3.8, 4) is 5.75 Å². The molecule has 0 fully saturated rings. The summed E-state index contributed by atoms with van der Waals surface area (Å²) in [5.41, 5.74) is 0.828. The lowest BCUT2D eigenvalue weighted by Gasteiger charge is -2.14. The van der Waals surface area contributed by atoms with E-state index in [0.29, 0.717) is 5.75 Å². The second-order valence-corrected chi connectivity index (χ2v) is 4.29. The number of amides is 1. The van der Waals surface area contributed by atoms with Crippen molar-refractivity contribution in [2.45, 2.75) is 18.9 Å². The third kappa shape index (κ3) is 5.71. The number of carbonyl (C=O) groups is 2. The van der Waals surface area contributed by atoms with Gasteiger partial charge in [-0.25, -0.2) is 0 Å². The van der Waals surface area contributed by atoms with Crippen molar-refractivity contribution in [1.82, 2.24) is 5.32 Å². The maximum absolute atomic E-state index is 11.8. The molecule has 0 radical (unpaired) electrons. The van der Waals surface area contributed by atoms with Crippen LogP contribution in [-0.4, -0.2) is 43.9 Å². The van der Waals surface area contributed by atoms with Crippen LogP contribution in [0.25, 0.3) is 0 Å². The van der Waals surface area contributed by atoms with E-state index in [9.17, 15) is 9.59 Å². The highest BCUT2D eigenvalue weighted by Gasteiger charge is 2.13. The van der Waals surface area contributed by atoms with E-state index in [1.165, 1.54) is 7.11 Å². The van der Waals surface area contributed by atoms with Gasteiger partial charge in [-0.05, 0) is 17.7 Å². The Labute approximate surface area is 117 Å². The van der Waals surface area contributed by atoms with E-state index in [1.54, 1.807) is 19.2 Å². The molecule has 1 rings (SSSR count). The standard InChI is InChI=1S/C14H19NO5/c1-19-11-5-3-4-10(6-11)7-13(16)15-9-12(20-2)8-14(17)18/h3-6,12H,7-9H2,1-2H3,(H,15,16)(H,17,18). The van der Waals surface area contributed by atoms with Gasteiger partial charge in [0, 0.05) is 13.7 Å². The summed E-state index contributed by atoms with van der Waals surface area (Å²) in [5, 5.41) is 11.3. The van der Waals surface area contributed by atoms with Crippen LogP contribution in [0.5, 0.6) is 5.75 Å². The minimum absolute atomic E-state index is 0.143. The summed E-state index contributed by atoms with van der Waals surface area (Å²) in [7, 11) is 2.98. The van der Waals surface area contributed by atoms with Gasteiger partial charge in [-0.15, -0.1) is 0 Å². The molecule has 1 aromatic rings. The van der Waals surface area contributed by atoms with Gasteiger partial charge < -0.3 is 19.9 Å². The number of rotatable bonds is 8. The Morgan fingerprint density at radius 3 is 2.70 bits per heavy atom. The molecule has 0 heterocycles. The van der Waals surface area contributed by atoms with E-state index < -0.39 is 12.1 Å². The number of benzene rings is 1. The Bertz CT molecular complexity index is 461. The van der Waals surface area contributed by atoms with Crippen LogP contribution < -0.4 is 10.1 Å². The second-order valence-electron chi connectivity index (χ2n) is 4.29. The molecule has 0 saturated carbocycles. The number of aliphatic carboxylic acids is 1. The highest BCUT2D eigenvalue weighted by Crippen LogP contribution is 2.12. The molecule has 1 amide bonds. The minimum Gasteiger partial charge on any atom is -0.497 e. The SMILES string of the molecule is COc1cccc(CC(=O)NCC(CC(=O)O)OC)c1. The molecule has 6 heteroatoms. The third-order valence-electron chi connectivity index (χ3n) is 2.76. The Hall–Kier alpha value is -2.08. The first-order valence-corrected chi connectivity index (χ1v) is 6.19. The zero-order valence-electron chi connectivity index (χ0n) is 11.6. The predicted molar refractivity (Wildman–Crippen MR) is 72.8 cm³/mol. The maximum Gasteiger partial charge on any atom is 0.306 e. The van der Waals surface area contributed by atoms with Crippen molar-refractivity contribution >= 4 is 11.9 Å². The number of ether oxygens (including phenoxy) is 2. The Morgan fingerprint density at radius 1 is 1.35 bits per heavy atom. The molecule has 0 bridgehead atoms. The van der Waals surface area contributed by atoms with Crippen molar-refractivity contribution in [3.05, 3.63) is 29.8 Å². The monoisotopic (exact) mass is 281 g/mol. The van der Waals surface area contributed by atoms with Gasteiger partial charge in [-0.2, -0.15) is 0 Å². The number of nitrogens with one attached hydrogen (secondary N) is 1. The van der Waals surface area contributed by atoms with E-state index in [2.05, 4.69) is 5.32 Å². The van der Waals surface area contributed by atoms with Crippen LogP contribution in [0, 0.1) is 0 Å². The molecule has 0 aliphatic rings. The highest BCUT2D eigenvalue weighted by molar-refractivity contribution is 5.78. The summed E-state index contributed by atoms with van der Waals surface area (Å²) >= 11 is 0. The summed E-state index contributed by atoms with van der Waals surface area (Å²) < 4.78 is 10.1. The van der Waals surface area contributed by atoms with Crippen molar-refractivity contribution < 1.29 is 24.2 Å². The normalized spacial score (nSPS) is 11.7. The van der Waals surface area contributed by atoms with Crippen LogP contribution in [0.1, 0.15) is 12.0 Å². The number of carboxylic acid groups (broad SMARTS) is 1. The summed E-state index contributed by atoms with van der Waals surface area (Å²) in [6.45, 7) is 0.172. The van der Waals surface area contributed by atoms with Gasteiger partial charge >= 0.3 is 5.97 Å². The lowest BCUT2D eigenvalue weighted by Crippen LogP contribution is -2.35. The van der Waals surface area contributed by atoms with E-state index in [4.69, 9.17) is 14.6 Å². The summed E-state index contributed by atoms with van der Waals surface area (Å²) in [4.78, 5) is 22.3. The number of methoxy groups -OCH3 is 2. The molecule has 0 aliphatic heterocycles. The van der Waals surface area contributed by atoms with E-state index in [-0.39, 0.29) is 25.3 Å². The van der Waals surface area contributed by atoms with E-state index in [0.717, 1.165) is 5.56 Å². The molecule has 1 atom stereocenters. The summed E-state index contributed by atoms with van der Waals surface area (Å²) in [5.74, 6) is -0.458. The average Bonchev–Trinajstić information content (AvgIpc) is 2.43. The average molecular weight is 281 g/mol. The van der Waals surface area contributed by atoms with E-state index >= 15 is 0 Å². The fraction of sp³-hybridized carbons (Fsp3) is 0.429. The summed E-state index contributed by atoms with van der Waals surface area (Å²) in [6, 6.07) is 7.22. The molecule has 1 aromatic carbocycles. The van der Waals surface area contributed by atoms with Gasteiger partial charge in [0.2, 0.25) is 5.91 Å². The Morgan fingerprint density at radius 2 is 2.10 bits per heavy atom. The first-order valence-electron chi connectivity index (χ1n) is 6.19. The largest absolute Gasteiger partial charge is 0.497 e. The molecule has 6 nitrogen and oxygen atoms in total. The van der Waals surface area contributed by atoms with Crippen LogP contribution >= 0.6 is 0 Å². The predicted octanol–water partition coefficient (Wildman–Crippen LogP) is 0.844. The fourth-order valence-electron chi connectivity index (χ4n) is 1.69. The lowest BCUT2D eigenvalue weighted by atomic mass is 10.1. The van der Waals surface area contributed by atoms with Gasteiger partial charge in [-0.1, -0.05) is 12.1 Å². The van der Waals surface area contributed by atoms with Crippen LogP contribution in [0.15, 0.2) is 24.3 Å². The molecule has 0 aliphatic carbocycles. The first-order chi connectivity index (χ1) is 9.55. The van der Waals surface area contributed by atoms with Gasteiger partial charge in [0.25, 0.3) is 0 Å². The molecule has 1 unspecified atom stereocenters. The molecule has 2 N–H and O–H groups in total. The highest BCUT2D eigenvalue weighted by atomic mass is 16.5. The number of hydrogen-bond donors (Lipinski definition) is 2. The van der Waals surface area contributed by atoms with Crippen molar-refractivity contribution in [2.75, 3.05) is 20.8 Å². The third-order valence-corrected chi connectivity index (χ3v) is 2.76. The van der Waals surface area contributed by atoms with Crippen LogP contribution in [0.2, 0.25) is 0 Å². The maximum atomic E-state index is 11.8. The molecule has 0 saturated heterocycles. The summed E-state index contributed by atoms with van der Waals surface area (Å²) in [6.07, 6.45) is -0.460. The Balaban J connectivity index is 2.44. The molecular weight excluding hydrogens is 262 g/mol. The number of carboxylic acids is 1. The zero-order chi connectivity index (χ0) is 15.0. The van der Waals surface area contributed by atoms with Crippen molar-refractivity contribution in [3.63, 3.8) is 0 Å². The second kappa shape index (κ2) is 8.16. The van der Waals surface area contributed by atoms with E-state index in [1.807, 2.05) is 12.1 Å². The lowest BCUT2D eigenvalue weighted by molar-refractivity contribution is -0.140. The number of carbonyl (C=O) groups excluding carboxylic acids is 1. The fourth-order valence-corrected chi connectivity index (χ4v) is 1.69.